The molecule has 0 radical (unpaired) electrons. The number of rotatable bonds is 9. The second-order valence-corrected chi connectivity index (χ2v) is 7.52. The Hall–Kier alpha value is -2.16. The minimum absolute atomic E-state index is 0.0403. The molecule has 2 aromatic carbocycles. The molecule has 0 spiro atoms. The molecule has 0 aliphatic rings. The van der Waals surface area contributed by atoms with Crippen molar-refractivity contribution in [3.05, 3.63) is 52.5 Å². The van der Waals surface area contributed by atoms with Crippen LogP contribution in [-0.2, 0) is 4.74 Å². The van der Waals surface area contributed by atoms with Crippen LogP contribution >= 0.6 is 28.1 Å². The largest absolute Gasteiger partial charge is 0.490 e. The first-order valence-electron chi connectivity index (χ1n) is 9.28. The molecule has 0 aromatic heterocycles. The fraction of sp³-hybridized carbons (Fsp3) is 0.333. The van der Waals surface area contributed by atoms with Crippen molar-refractivity contribution >= 4 is 44.9 Å². The van der Waals surface area contributed by atoms with E-state index in [9.17, 15) is 4.79 Å². The lowest BCUT2D eigenvalue weighted by Crippen LogP contribution is -2.34. The molecular formula is C21H25BrN2O4S. The van der Waals surface area contributed by atoms with Gasteiger partial charge in [-0.05, 0) is 79.3 Å². The quantitative estimate of drug-likeness (QED) is 0.397. The van der Waals surface area contributed by atoms with Crippen LogP contribution in [0.5, 0.6) is 11.5 Å². The summed E-state index contributed by atoms with van der Waals surface area (Å²) in [4.78, 5) is 12.5. The van der Waals surface area contributed by atoms with Crippen LogP contribution in [0.15, 0.2) is 46.9 Å². The number of amides is 1. The first-order valence-corrected chi connectivity index (χ1v) is 10.5. The Morgan fingerprint density at radius 1 is 1.14 bits per heavy atom. The third-order valence-electron chi connectivity index (χ3n) is 3.61. The number of anilines is 1. The van der Waals surface area contributed by atoms with E-state index in [4.69, 9.17) is 26.4 Å². The standard InChI is InChI=1S/C21H25BrN2O4S/c1-4-26-11-12-27-19-8-6-5-7-17(19)23-21(29)24-20(25)15-9-10-18(16(22)13-15)28-14(2)3/h5-10,13-14H,4,11-12H2,1-3H3,(H2,23,24,25,29). The van der Waals surface area contributed by atoms with Crippen molar-refractivity contribution in [2.24, 2.45) is 0 Å². The lowest BCUT2D eigenvalue weighted by Gasteiger charge is -2.15. The van der Waals surface area contributed by atoms with Gasteiger partial charge in [0.1, 0.15) is 18.1 Å². The molecule has 1 amide bonds. The minimum Gasteiger partial charge on any atom is -0.490 e. The van der Waals surface area contributed by atoms with Gasteiger partial charge in [0.05, 0.1) is 22.9 Å². The normalized spacial score (nSPS) is 10.5. The molecular weight excluding hydrogens is 456 g/mol. The number of halogens is 1. The SMILES string of the molecule is CCOCCOc1ccccc1NC(=S)NC(=O)c1ccc(OC(C)C)c(Br)c1. The molecule has 0 aliphatic heterocycles. The van der Waals surface area contributed by atoms with Gasteiger partial charge in [0.2, 0.25) is 0 Å². The molecule has 0 saturated carbocycles. The van der Waals surface area contributed by atoms with E-state index in [2.05, 4.69) is 26.6 Å². The van der Waals surface area contributed by atoms with Crippen LogP contribution in [0, 0.1) is 0 Å². The first-order chi connectivity index (χ1) is 13.9. The van der Waals surface area contributed by atoms with Gasteiger partial charge >= 0.3 is 0 Å². The predicted molar refractivity (Wildman–Crippen MR) is 122 cm³/mol. The highest BCUT2D eigenvalue weighted by molar-refractivity contribution is 9.10. The van der Waals surface area contributed by atoms with Crippen molar-refractivity contribution in [3.63, 3.8) is 0 Å². The summed E-state index contributed by atoms with van der Waals surface area (Å²) in [5.74, 6) is 0.978. The van der Waals surface area contributed by atoms with Crippen molar-refractivity contribution in [2.45, 2.75) is 26.9 Å². The Morgan fingerprint density at radius 2 is 1.90 bits per heavy atom. The molecule has 2 aromatic rings. The van der Waals surface area contributed by atoms with Gasteiger partial charge in [-0.15, -0.1) is 0 Å². The zero-order valence-electron chi connectivity index (χ0n) is 16.7. The summed E-state index contributed by atoms with van der Waals surface area (Å²) in [7, 11) is 0. The van der Waals surface area contributed by atoms with E-state index >= 15 is 0 Å². The number of benzene rings is 2. The summed E-state index contributed by atoms with van der Waals surface area (Å²) in [5, 5.41) is 5.85. The minimum atomic E-state index is -0.325. The molecule has 0 atom stereocenters. The van der Waals surface area contributed by atoms with Gasteiger partial charge in [0.25, 0.3) is 5.91 Å². The van der Waals surface area contributed by atoms with Crippen LogP contribution in [0.2, 0.25) is 0 Å². The topological polar surface area (TPSA) is 68.8 Å². The Kier molecular flexibility index (Phi) is 9.37. The zero-order chi connectivity index (χ0) is 21.2. The van der Waals surface area contributed by atoms with Gasteiger partial charge in [0, 0.05) is 12.2 Å². The Morgan fingerprint density at radius 3 is 2.59 bits per heavy atom. The molecule has 0 unspecified atom stereocenters. The van der Waals surface area contributed by atoms with Crippen LogP contribution < -0.4 is 20.1 Å². The summed E-state index contributed by atoms with van der Waals surface area (Å²) in [6, 6.07) is 12.5. The van der Waals surface area contributed by atoms with Gasteiger partial charge in [-0.3, -0.25) is 10.1 Å². The molecule has 2 N–H and O–H groups in total. The monoisotopic (exact) mass is 480 g/mol. The summed E-state index contributed by atoms with van der Waals surface area (Å²) in [5.41, 5.74) is 1.12. The summed E-state index contributed by atoms with van der Waals surface area (Å²) in [6.07, 6.45) is 0.0403. The Labute approximate surface area is 185 Å². The van der Waals surface area contributed by atoms with Crippen LogP contribution in [0.4, 0.5) is 5.69 Å². The predicted octanol–water partition coefficient (Wildman–Crippen LogP) is 4.78. The van der Waals surface area contributed by atoms with E-state index in [-0.39, 0.29) is 17.1 Å². The van der Waals surface area contributed by atoms with Crippen LogP contribution in [-0.4, -0.2) is 36.9 Å². The number of hydrogen-bond donors (Lipinski definition) is 2. The van der Waals surface area contributed by atoms with Gasteiger partial charge in [-0.2, -0.15) is 0 Å². The van der Waals surface area contributed by atoms with Gasteiger partial charge < -0.3 is 19.5 Å². The lowest BCUT2D eigenvalue weighted by atomic mass is 10.2. The second-order valence-electron chi connectivity index (χ2n) is 6.26. The maximum Gasteiger partial charge on any atom is 0.257 e. The molecule has 29 heavy (non-hydrogen) atoms. The van der Waals surface area contributed by atoms with Crippen molar-refractivity contribution in [1.29, 1.82) is 0 Å². The maximum atomic E-state index is 12.5. The number of ether oxygens (including phenoxy) is 3. The summed E-state index contributed by atoms with van der Waals surface area (Å²) in [6.45, 7) is 7.37. The molecule has 0 aliphatic carbocycles. The van der Waals surface area contributed by atoms with E-state index in [1.54, 1.807) is 18.2 Å². The smallest absolute Gasteiger partial charge is 0.257 e. The lowest BCUT2D eigenvalue weighted by molar-refractivity contribution is 0.0977. The third kappa shape index (κ3) is 7.64. The molecule has 0 bridgehead atoms. The fourth-order valence-electron chi connectivity index (χ4n) is 2.37. The average molecular weight is 481 g/mol. The molecule has 6 nitrogen and oxygen atoms in total. The van der Waals surface area contributed by atoms with Crippen LogP contribution in [0.25, 0.3) is 0 Å². The molecule has 156 valence electrons. The summed E-state index contributed by atoms with van der Waals surface area (Å²) < 4.78 is 17.3. The molecule has 0 saturated heterocycles. The van der Waals surface area contributed by atoms with Gasteiger partial charge in [0.15, 0.2) is 5.11 Å². The Bertz CT molecular complexity index is 845. The molecule has 8 heteroatoms. The number of carbonyl (C=O) groups excluding carboxylic acids is 1. The first kappa shape index (κ1) is 23.1. The highest BCUT2D eigenvalue weighted by Gasteiger charge is 2.13. The third-order valence-corrected chi connectivity index (χ3v) is 4.43. The van der Waals surface area contributed by atoms with E-state index in [1.807, 2.05) is 45.0 Å². The highest BCUT2D eigenvalue weighted by atomic mass is 79.9. The van der Waals surface area contributed by atoms with Gasteiger partial charge in [-0.25, -0.2) is 0 Å². The van der Waals surface area contributed by atoms with E-state index in [0.29, 0.717) is 47.0 Å². The van der Waals surface area contributed by atoms with E-state index < -0.39 is 0 Å². The van der Waals surface area contributed by atoms with Crippen molar-refractivity contribution in [1.82, 2.24) is 5.32 Å². The maximum absolute atomic E-state index is 12.5. The molecule has 0 fully saturated rings. The second kappa shape index (κ2) is 11.7. The Balaban J connectivity index is 1.97. The number of carbonyl (C=O) groups is 1. The number of para-hydroxylation sites is 2. The fourth-order valence-corrected chi connectivity index (χ4v) is 3.05. The zero-order valence-corrected chi connectivity index (χ0v) is 19.1. The van der Waals surface area contributed by atoms with Crippen molar-refractivity contribution < 1.29 is 19.0 Å². The van der Waals surface area contributed by atoms with Crippen molar-refractivity contribution in [2.75, 3.05) is 25.1 Å². The molecule has 2 rings (SSSR count). The highest BCUT2D eigenvalue weighted by Crippen LogP contribution is 2.27. The van der Waals surface area contributed by atoms with Crippen LogP contribution in [0.1, 0.15) is 31.1 Å². The van der Waals surface area contributed by atoms with E-state index in [1.165, 1.54) is 0 Å². The van der Waals surface area contributed by atoms with Crippen molar-refractivity contribution in [3.8, 4) is 11.5 Å². The molecule has 0 heterocycles. The van der Waals surface area contributed by atoms with E-state index in [0.717, 1.165) is 0 Å². The number of thiocarbonyl (C=S) groups is 1. The number of nitrogens with one attached hydrogen (secondary N) is 2. The van der Waals surface area contributed by atoms with Crippen LogP contribution in [0.3, 0.4) is 0 Å². The summed E-state index contributed by atoms with van der Waals surface area (Å²) >= 11 is 8.71. The average Bonchev–Trinajstić information content (AvgIpc) is 2.67. The number of hydrogen-bond acceptors (Lipinski definition) is 5. The van der Waals surface area contributed by atoms with Gasteiger partial charge in [-0.1, -0.05) is 12.1 Å².